The van der Waals surface area contributed by atoms with Gasteiger partial charge in [-0.25, -0.2) is 0 Å². The first-order chi connectivity index (χ1) is 8.19. The molecule has 0 saturated heterocycles. The van der Waals surface area contributed by atoms with E-state index in [9.17, 15) is 0 Å². The van der Waals surface area contributed by atoms with Crippen LogP contribution in [0.25, 0.3) is 0 Å². The zero-order valence-electron chi connectivity index (χ0n) is 10.5. The van der Waals surface area contributed by atoms with Gasteiger partial charge in [0.1, 0.15) is 11.9 Å². The Morgan fingerprint density at radius 1 is 1.47 bits per heavy atom. The minimum Gasteiger partial charge on any atom is -0.489 e. The second-order valence-electron chi connectivity index (χ2n) is 4.74. The van der Waals surface area contributed by atoms with Crippen molar-refractivity contribution >= 4 is 15.9 Å². The summed E-state index contributed by atoms with van der Waals surface area (Å²) < 4.78 is 7.13. The monoisotopic (exact) mass is 297 g/mol. The predicted molar refractivity (Wildman–Crippen MR) is 74.6 cm³/mol. The summed E-state index contributed by atoms with van der Waals surface area (Å²) in [5.74, 6) is 0.968. The average Bonchev–Trinajstić information content (AvgIpc) is 3.13. The summed E-state index contributed by atoms with van der Waals surface area (Å²) in [7, 11) is 0. The molecule has 3 heteroatoms. The third-order valence-electron chi connectivity index (χ3n) is 3.10. The van der Waals surface area contributed by atoms with Gasteiger partial charge < -0.3 is 10.1 Å². The summed E-state index contributed by atoms with van der Waals surface area (Å²) in [5.41, 5.74) is 1.22. The summed E-state index contributed by atoms with van der Waals surface area (Å²) in [5, 5.41) is 3.52. The number of ether oxygens (including phenoxy) is 1. The molecule has 0 spiro atoms. The Morgan fingerprint density at radius 3 is 2.82 bits per heavy atom. The van der Waals surface area contributed by atoms with E-state index in [2.05, 4.69) is 41.2 Å². The number of hydrogen-bond donors (Lipinski definition) is 1. The molecule has 1 unspecified atom stereocenters. The maximum atomic E-state index is 5.99. The topological polar surface area (TPSA) is 21.3 Å². The molecule has 1 aliphatic carbocycles. The molecule has 1 fully saturated rings. The second-order valence-corrected chi connectivity index (χ2v) is 5.60. The van der Waals surface area contributed by atoms with Crippen LogP contribution in [0.4, 0.5) is 0 Å². The zero-order chi connectivity index (χ0) is 12.3. The molecule has 0 bridgehead atoms. The highest BCUT2D eigenvalue weighted by Crippen LogP contribution is 2.23. The molecule has 0 aromatic heterocycles. The van der Waals surface area contributed by atoms with Crippen LogP contribution in [0.15, 0.2) is 22.7 Å². The molecule has 0 aliphatic heterocycles. The highest BCUT2D eigenvalue weighted by Gasteiger charge is 2.21. The van der Waals surface area contributed by atoms with E-state index in [0.29, 0.717) is 0 Å². The van der Waals surface area contributed by atoms with Gasteiger partial charge in [0.15, 0.2) is 0 Å². The third-order valence-corrected chi connectivity index (χ3v) is 3.99. The maximum absolute atomic E-state index is 5.99. The predicted octanol–water partition coefficient (Wildman–Crippen LogP) is 3.67. The molecule has 1 aromatic carbocycles. The zero-order valence-corrected chi connectivity index (χ0v) is 12.1. The Balaban J connectivity index is 1.89. The van der Waals surface area contributed by atoms with Gasteiger partial charge in [-0.15, -0.1) is 0 Å². The Kier molecular flexibility index (Phi) is 4.46. The van der Waals surface area contributed by atoms with E-state index in [1.165, 1.54) is 18.4 Å². The highest BCUT2D eigenvalue weighted by molar-refractivity contribution is 9.10. The fraction of sp³-hybridized carbons (Fsp3) is 0.571. The van der Waals surface area contributed by atoms with E-state index in [1.54, 1.807) is 0 Å². The van der Waals surface area contributed by atoms with E-state index in [-0.39, 0.29) is 6.10 Å². The molecule has 2 rings (SSSR count). The van der Waals surface area contributed by atoms with Crippen molar-refractivity contribution in [1.82, 2.24) is 5.32 Å². The molecule has 1 saturated carbocycles. The van der Waals surface area contributed by atoms with Gasteiger partial charge in [0.05, 0.1) is 0 Å². The molecule has 1 N–H and O–H groups in total. The van der Waals surface area contributed by atoms with Gasteiger partial charge in [0.25, 0.3) is 0 Å². The first kappa shape index (κ1) is 12.9. The van der Waals surface area contributed by atoms with Gasteiger partial charge >= 0.3 is 0 Å². The highest BCUT2D eigenvalue weighted by atomic mass is 79.9. The van der Waals surface area contributed by atoms with Crippen LogP contribution in [-0.4, -0.2) is 18.7 Å². The smallest absolute Gasteiger partial charge is 0.120 e. The van der Waals surface area contributed by atoms with Crippen molar-refractivity contribution in [2.45, 2.75) is 45.3 Å². The van der Waals surface area contributed by atoms with Crippen molar-refractivity contribution in [2.24, 2.45) is 0 Å². The van der Waals surface area contributed by atoms with Gasteiger partial charge in [-0.1, -0.05) is 22.9 Å². The summed E-state index contributed by atoms with van der Waals surface area (Å²) in [6.45, 7) is 5.21. The van der Waals surface area contributed by atoms with Gasteiger partial charge in [0, 0.05) is 17.1 Å². The summed E-state index contributed by atoms with van der Waals surface area (Å²) in [6.07, 6.45) is 3.97. The van der Waals surface area contributed by atoms with E-state index in [0.717, 1.165) is 29.2 Å². The Morgan fingerprint density at radius 2 is 2.24 bits per heavy atom. The standard InChI is InChI=1S/C14H20BrNO/c1-3-12(9-16-11-4-5-11)17-13-6-7-14(15)10(2)8-13/h6-8,11-12,16H,3-5,9H2,1-2H3. The summed E-state index contributed by atoms with van der Waals surface area (Å²) >= 11 is 3.50. The molecule has 2 nitrogen and oxygen atoms in total. The molecule has 1 aliphatic rings. The van der Waals surface area contributed by atoms with Crippen molar-refractivity contribution < 1.29 is 4.74 Å². The van der Waals surface area contributed by atoms with Gasteiger partial charge in [-0.3, -0.25) is 0 Å². The van der Waals surface area contributed by atoms with E-state index >= 15 is 0 Å². The number of rotatable bonds is 6. The van der Waals surface area contributed by atoms with Crippen LogP contribution in [-0.2, 0) is 0 Å². The molecular formula is C14H20BrNO. The van der Waals surface area contributed by atoms with Crippen molar-refractivity contribution in [3.63, 3.8) is 0 Å². The molecule has 94 valence electrons. The van der Waals surface area contributed by atoms with Crippen LogP contribution in [0.3, 0.4) is 0 Å². The molecular weight excluding hydrogens is 278 g/mol. The third kappa shape index (κ3) is 4.00. The van der Waals surface area contributed by atoms with Crippen LogP contribution in [0, 0.1) is 6.92 Å². The lowest BCUT2D eigenvalue weighted by atomic mass is 10.2. The number of aryl methyl sites for hydroxylation is 1. The lowest BCUT2D eigenvalue weighted by Gasteiger charge is -2.18. The molecule has 1 aromatic rings. The Hall–Kier alpha value is -0.540. The molecule has 0 amide bonds. The van der Waals surface area contributed by atoms with Gasteiger partial charge in [0.2, 0.25) is 0 Å². The van der Waals surface area contributed by atoms with Crippen molar-refractivity contribution in [3.8, 4) is 5.75 Å². The normalized spacial score (nSPS) is 16.9. The SMILES string of the molecule is CCC(CNC1CC1)Oc1ccc(Br)c(C)c1. The number of hydrogen-bond acceptors (Lipinski definition) is 2. The van der Waals surface area contributed by atoms with E-state index in [1.807, 2.05) is 12.1 Å². The second kappa shape index (κ2) is 5.87. The fourth-order valence-corrected chi connectivity index (χ4v) is 1.98. The quantitative estimate of drug-likeness (QED) is 0.865. The van der Waals surface area contributed by atoms with Crippen molar-refractivity contribution in [2.75, 3.05) is 6.54 Å². The lowest BCUT2D eigenvalue weighted by Crippen LogP contribution is -2.32. The summed E-state index contributed by atoms with van der Waals surface area (Å²) in [4.78, 5) is 0. The van der Waals surface area contributed by atoms with E-state index < -0.39 is 0 Å². The minimum atomic E-state index is 0.274. The fourth-order valence-electron chi connectivity index (χ4n) is 1.74. The largest absolute Gasteiger partial charge is 0.489 e. The van der Waals surface area contributed by atoms with E-state index in [4.69, 9.17) is 4.74 Å². The minimum absolute atomic E-state index is 0.274. The number of benzene rings is 1. The molecule has 0 heterocycles. The first-order valence-electron chi connectivity index (χ1n) is 6.35. The molecule has 17 heavy (non-hydrogen) atoms. The van der Waals surface area contributed by atoms with Crippen LogP contribution in [0.1, 0.15) is 31.7 Å². The van der Waals surface area contributed by atoms with Crippen LogP contribution >= 0.6 is 15.9 Å². The molecule has 0 radical (unpaired) electrons. The van der Waals surface area contributed by atoms with Crippen LogP contribution in [0.2, 0.25) is 0 Å². The van der Waals surface area contributed by atoms with Crippen LogP contribution < -0.4 is 10.1 Å². The number of nitrogens with one attached hydrogen (secondary N) is 1. The van der Waals surface area contributed by atoms with Gasteiger partial charge in [-0.05, 0) is 49.9 Å². The first-order valence-corrected chi connectivity index (χ1v) is 7.14. The Labute approximate surface area is 112 Å². The summed E-state index contributed by atoms with van der Waals surface area (Å²) in [6, 6.07) is 6.91. The number of halogens is 1. The Bertz CT molecular complexity index is 376. The average molecular weight is 298 g/mol. The van der Waals surface area contributed by atoms with Crippen molar-refractivity contribution in [1.29, 1.82) is 0 Å². The molecule has 1 atom stereocenters. The maximum Gasteiger partial charge on any atom is 0.120 e. The van der Waals surface area contributed by atoms with Crippen molar-refractivity contribution in [3.05, 3.63) is 28.2 Å². The van der Waals surface area contributed by atoms with Crippen LogP contribution in [0.5, 0.6) is 5.75 Å². The lowest BCUT2D eigenvalue weighted by molar-refractivity contribution is 0.193. The van der Waals surface area contributed by atoms with Gasteiger partial charge in [-0.2, -0.15) is 0 Å².